The third kappa shape index (κ3) is 2.68. The van der Waals surface area contributed by atoms with E-state index >= 15 is 0 Å². The van der Waals surface area contributed by atoms with E-state index in [9.17, 15) is 4.79 Å². The van der Waals surface area contributed by atoms with Crippen LogP contribution < -0.4 is 4.74 Å². The highest BCUT2D eigenvalue weighted by Gasteiger charge is 2.23. The van der Waals surface area contributed by atoms with Gasteiger partial charge in [0.1, 0.15) is 5.75 Å². The Morgan fingerprint density at radius 3 is 2.68 bits per heavy atom. The molecule has 1 aromatic rings. The molecule has 102 valence electrons. The van der Waals surface area contributed by atoms with Crippen LogP contribution >= 0.6 is 0 Å². The lowest BCUT2D eigenvalue weighted by Crippen LogP contribution is -2.23. The molecule has 2 aliphatic carbocycles. The van der Waals surface area contributed by atoms with Gasteiger partial charge in [0.15, 0.2) is 5.78 Å². The maximum atomic E-state index is 11.6. The molecule has 2 nitrogen and oxygen atoms in total. The molecule has 19 heavy (non-hydrogen) atoms. The van der Waals surface area contributed by atoms with E-state index < -0.39 is 0 Å². The number of carbonyl (C=O) groups excluding carboxylic acids is 1. The maximum absolute atomic E-state index is 11.6. The summed E-state index contributed by atoms with van der Waals surface area (Å²) in [5.74, 6) is 2.14. The van der Waals surface area contributed by atoms with Crippen molar-refractivity contribution in [3.63, 3.8) is 0 Å². The van der Waals surface area contributed by atoms with Gasteiger partial charge in [-0.1, -0.05) is 13.3 Å². The lowest BCUT2D eigenvalue weighted by molar-refractivity contribution is 0.0994. The number of benzene rings is 1. The van der Waals surface area contributed by atoms with E-state index in [0.717, 1.165) is 23.7 Å². The molecule has 1 fully saturated rings. The van der Waals surface area contributed by atoms with Crippen molar-refractivity contribution < 1.29 is 9.53 Å². The van der Waals surface area contributed by atoms with Crippen LogP contribution in [0.3, 0.4) is 0 Å². The van der Waals surface area contributed by atoms with Gasteiger partial charge in [-0.05, 0) is 61.8 Å². The van der Waals surface area contributed by atoms with Crippen LogP contribution in [0, 0.1) is 5.92 Å². The summed E-state index contributed by atoms with van der Waals surface area (Å²) in [6.07, 6.45) is 8.17. The molecule has 0 atom stereocenters. The molecular weight excluding hydrogens is 236 g/mol. The minimum absolute atomic E-state index is 0.282. The number of fused-ring (bicyclic) bond motifs is 1. The molecule has 0 unspecified atom stereocenters. The average molecular weight is 258 g/mol. The van der Waals surface area contributed by atoms with Crippen molar-refractivity contribution in [1.82, 2.24) is 0 Å². The van der Waals surface area contributed by atoms with Gasteiger partial charge in [-0.2, -0.15) is 0 Å². The number of carbonyl (C=O) groups is 1. The van der Waals surface area contributed by atoms with Gasteiger partial charge in [0.05, 0.1) is 6.10 Å². The second-order valence-electron chi connectivity index (χ2n) is 5.91. The molecule has 0 bridgehead atoms. The van der Waals surface area contributed by atoms with Crippen molar-refractivity contribution in [3.8, 4) is 5.75 Å². The Bertz CT molecular complexity index is 470. The molecule has 0 amide bonds. The topological polar surface area (TPSA) is 26.3 Å². The van der Waals surface area contributed by atoms with Crippen LogP contribution in [0.25, 0.3) is 0 Å². The Morgan fingerprint density at radius 2 is 1.95 bits per heavy atom. The zero-order valence-electron chi connectivity index (χ0n) is 11.7. The van der Waals surface area contributed by atoms with Crippen molar-refractivity contribution in [2.24, 2.45) is 5.92 Å². The summed E-state index contributed by atoms with van der Waals surface area (Å²) < 4.78 is 6.10. The van der Waals surface area contributed by atoms with Crippen LogP contribution in [0.4, 0.5) is 0 Å². The third-order valence-corrected chi connectivity index (χ3v) is 4.67. The van der Waals surface area contributed by atoms with Crippen molar-refractivity contribution in [2.75, 3.05) is 0 Å². The van der Waals surface area contributed by atoms with Gasteiger partial charge in [-0.3, -0.25) is 4.79 Å². The predicted octanol–water partition coefficient (Wildman–Crippen LogP) is 4.16. The standard InChI is InChI=1S/C17H22O2/c1-2-12-3-6-14(7-4-12)19-15-8-9-16-13(11-15)5-10-17(16)18/h8-9,11-12,14H,2-7,10H2,1H3. The number of hydrogen-bond acceptors (Lipinski definition) is 2. The fourth-order valence-corrected chi connectivity index (χ4v) is 3.36. The van der Waals surface area contributed by atoms with E-state index in [1.807, 2.05) is 12.1 Å². The molecular formula is C17H22O2. The smallest absolute Gasteiger partial charge is 0.163 e. The Kier molecular flexibility index (Phi) is 3.58. The molecule has 0 radical (unpaired) electrons. The first kappa shape index (κ1) is 12.7. The Morgan fingerprint density at radius 1 is 1.16 bits per heavy atom. The number of Topliss-reactive ketones (excluding diaryl/α,β-unsaturated/α-hetero) is 1. The van der Waals surface area contributed by atoms with E-state index in [-0.39, 0.29) is 5.78 Å². The van der Waals surface area contributed by atoms with Crippen LogP contribution in [0.5, 0.6) is 5.75 Å². The monoisotopic (exact) mass is 258 g/mol. The Balaban J connectivity index is 1.63. The Labute approximate surface area is 115 Å². The van der Waals surface area contributed by atoms with Crippen molar-refractivity contribution in [2.45, 2.75) is 58.0 Å². The number of aryl methyl sites for hydroxylation is 1. The highest BCUT2D eigenvalue weighted by molar-refractivity contribution is 6.00. The first-order valence-electron chi connectivity index (χ1n) is 7.59. The molecule has 0 heterocycles. The second-order valence-corrected chi connectivity index (χ2v) is 5.91. The predicted molar refractivity (Wildman–Crippen MR) is 75.8 cm³/mol. The van der Waals surface area contributed by atoms with Crippen molar-refractivity contribution in [1.29, 1.82) is 0 Å². The van der Waals surface area contributed by atoms with E-state index in [4.69, 9.17) is 4.74 Å². The van der Waals surface area contributed by atoms with Gasteiger partial charge < -0.3 is 4.74 Å². The lowest BCUT2D eigenvalue weighted by Gasteiger charge is -2.28. The summed E-state index contributed by atoms with van der Waals surface area (Å²) in [4.78, 5) is 11.6. The second kappa shape index (κ2) is 5.36. The normalized spacial score (nSPS) is 26.3. The molecule has 0 saturated heterocycles. The van der Waals surface area contributed by atoms with Crippen molar-refractivity contribution >= 4 is 5.78 Å². The van der Waals surface area contributed by atoms with Gasteiger partial charge in [-0.15, -0.1) is 0 Å². The summed E-state index contributed by atoms with van der Waals surface area (Å²) in [6.45, 7) is 2.28. The molecule has 0 aromatic heterocycles. The SMILES string of the molecule is CCC1CCC(Oc2ccc3c(c2)CCC3=O)CC1. The average Bonchev–Trinajstić information content (AvgIpc) is 2.81. The van der Waals surface area contributed by atoms with Crippen LogP contribution in [0.2, 0.25) is 0 Å². The zero-order valence-corrected chi connectivity index (χ0v) is 11.7. The van der Waals surface area contributed by atoms with Gasteiger partial charge in [0.25, 0.3) is 0 Å². The highest BCUT2D eigenvalue weighted by atomic mass is 16.5. The summed E-state index contributed by atoms with van der Waals surface area (Å²) in [6, 6.07) is 5.98. The van der Waals surface area contributed by atoms with Gasteiger partial charge >= 0.3 is 0 Å². The molecule has 0 aliphatic heterocycles. The van der Waals surface area contributed by atoms with Gasteiger partial charge in [0, 0.05) is 12.0 Å². The van der Waals surface area contributed by atoms with E-state index in [1.54, 1.807) is 0 Å². The number of hydrogen-bond donors (Lipinski definition) is 0. The first-order valence-corrected chi connectivity index (χ1v) is 7.59. The molecule has 1 aromatic carbocycles. The third-order valence-electron chi connectivity index (χ3n) is 4.67. The number of ether oxygens (including phenoxy) is 1. The minimum Gasteiger partial charge on any atom is -0.490 e. The van der Waals surface area contributed by atoms with Crippen molar-refractivity contribution in [3.05, 3.63) is 29.3 Å². The first-order chi connectivity index (χ1) is 9.26. The number of rotatable bonds is 3. The lowest BCUT2D eigenvalue weighted by atomic mass is 9.86. The fraction of sp³-hybridized carbons (Fsp3) is 0.588. The molecule has 0 spiro atoms. The summed E-state index contributed by atoms with van der Waals surface area (Å²) in [5, 5.41) is 0. The zero-order chi connectivity index (χ0) is 13.2. The molecule has 3 rings (SSSR count). The Hall–Kier alpha value is -1.31. The van der Waals surface area contributed by atoms with Crippen LogP contribution in [0.1, 0.15) is 61.4 Å². The molecule has 0 N–H and O–H groups in total. The van der Waals surface area contributed by atoms with Crippen LogP contribution in [0.15, 0.2) is 18.2 Å². The summed E-state index contributed by atoms with van der Waals surface area (Å²) in [7, 11) is 0. The van der Waals surface area contributed by atoms with Crippen LogP contribution in [-0.2, 0) is 6.42 Å². The quantitative estimate of drug-likeness (QED) is 0.813. The number of ketones is 1. The molecule has 2 aliphatic rings. The van der Waals surface area contributed by atoms with Gasteiger partial charge in [0.2, 0.25) is 0 Å². The molecule has 1 saturated carbocycles. The van der Waals surface area contributed by atoms with Crippen LogP contribution in [-0.4, -0.2) is 11.9 Å². The van der Waals surface area contributed by atoms with E-state index in [2.05, 4.69) is 13.0 Å². The fourth-order valence-electron chi connectivity index (χ4n) is 3.36. The largest absolute Gasteiger partial charge is 0.490 e. The highest BCUT2D eigenvalue weighted by Crippen LogP contribution is 2.31. The van der Waals surface area contributed by atoms with E-state index in [1.165, 1.54) is 37.7 Å². The van der Waals surface area contributed by atoms with Gasteiger partial charge in [-0.25, -0.2) is 0 Å². The maximum Gasteiger partial charge on any atom is 0.163 e. The minimum atomic E-state index is 0.282. The summed E-state index contributed by atoms with van der Waals surface area (Å²) in [5.41, 5.74) is 2.08. The summed E-state index contributed by atoms with van der Waals surface area (Å²) >= 11 is 0. The van der Waals surface area contributed by atoms with E-state index in [0.29, 0.717) is 12.5 Å². The molecule has 2 heteroatoms.